The van der Waals surface area contributed by atoms with Gasteiger partial charge in [-0.1, -0.05) is 27.5 Å². The van der Waals surface area contributed by atoms with Gasteiger partial charge in [-0.05, 0) is 59.8 Å². The maximum Gasteiger partial charge on any atom is 0.279 e. The number of halogens is 2. The topological polar surface area (TPSA) is 88.0 Å². The lowest BCUT2D eigenvalue weighted by molar-refractivity contribution is -0.115. The molecule has 1 saturated heterocycles. The molecule has 0 spiro atoms. The van der Waals surface area contributed by atoms with Gasteiger partial charge in [-0.2, -0.15) is 4.99 Å². The fourth-order valence-corrected chi connectivity index (χ4v) is 3.59. The van der Waals surface area contributed by atoms with Crippen molar-refractivity contribution in [3.05, 3.63) is 61.9 Å². The van der Waals surface area contributed by atoms with Crippen LogP contribution in [0.4, 0.5) is 0 Å². The van der Waals surface area contributed by atoms with Gasteiger partial charge in [0.2, 0.25) is 0 Å². The van der Waals surface area contributed by atoms with Gasteiger partial charge in [-0.25, -0.2) is 0 Å². The highest BCUT2D eigenvalue weighted by Gasteiger charge is 2.25. The summed E-state index contributed by atoms with van der Waals surface area (Å²) in [5.41, 5.74) is 0.998. The molecular formula is C18H12BrClN2O4S. The van der Waals surface area contributed by atoms with Crippen LogP contribution in [0.15, 0.2) is 50.8 Å². The summed E-state index contributed by atoms with van der Waals surface area (Å²) in [5.74, 6) is -0.601. The normalized spacial score (nSPS) is 16.6. The number of phenolic OH excluding ortho intramolecular Hbond substituents is 1. The van der Waals surface area contributed by atoms with E-state index >= 15 is 0 Å². The number of rotatable bonds is 3. The van der Waals surface area contributed by atoms with Gasteiger partial charge in [-0.3, -0.25) is 9.59 Å². The number of phenols is 1. The van der Waals surface area contributed by atoms with Crippen LogP contribution in [0.25, 0.3) is 6.08 Å². The SMILES string of the molecule is COc1cc(/C=C2\SC(=NC(=O)c3ccc(Cl)cc3)NC2=O)c(Br)cc1O. The zero-order valence-electron chi connectivity index (χ0n) is 13.8. The van der Waals surface area contributed by atoms with E-state index in [1.54, 1.807) is 36.4 Å². The second-order valence-corrected chi connectivity index (χ2v) is 7.66. The first kappa shape index (κ1) is 19.5. The lowest BCUT2D eigenvalue weighted by Crippen LogP contribution is -2.20. The highest BCUT2D eigenvalue weighted by molar-refractivity contribution is 9.10. The molecule has 0 radical (unpaired) electrons. The third-order valence-electron chi connectivity index (χ3n) is 3.53. The number of aliphatic imine (C=N–C) groups is 1. The molecule has 9 heteroatoms. The Kier molecular flexibility index (Phi) is 5.88. The number of benzene rings is 2. The molecule has 0 saturated carbocycles. The van der Waals surface area contributed by atoms with Crippen molar-refractivity contribution in [2.45, 2.75) is 0 Å². The molecule has 27 heavy (non-hydrogen) atoms. The average Bonchev–Trinajstić information content (AvgIpc) is 2.96. The van der Waals surface area contributed by atoms with E-state index in [4.69, 9.17) is 16.3 Å². The number of hydrogen-bond donors (Lipinski definition) is 2. The van der Waals surface area contributed by atoms with Gasteiger partial charge in [-0.15, -0.1) is 0 Å². The van der Waals surface area contributed by atoms with E-state index in [0.29, 0.717) is 25.5 Å². The first-order valence-electron chi connectivity index (χ1n) is 7.53. The molecule has 0 aliphatic carbocycles. The van der Waals surface area contributed by atoms with Gasteiger partial charge in [0.15, 0.2) is 16.7 Å². The summed E-state index contributed by atoms with van der Waals surface area (Å²) in [6.07, 6.45) is 1.61. The van der Waals surface area contributed by atoms with Crippen LogP contribution in [0.5, 0.6) is 11.5 Å². The van der Waals surface area contributed by atoms with Gasteiger partial charge >= 0.3 is 0 Å². The molecule has 2 N–H and O–H groups in total. The highest BCUT2D eigenvalue weighted by Crippen LogP contribution is 2.35. The van der Waals surface area contributed by atoms with Crippen molar-refractivity contribution in [3.63, 3.8) is 0 Å². The van der Waals surface area contributed by atoms with Crippen molar-refractivity contribution in [3.8, 4) is 11.5 Å². The van der Waals surface area contributed by atoms with E-state index < -0.39 is 5.91 Å². The Morgan fingerprint density at radius 2 is 2.04 bits per heavy atom. The molecule has 1 fully saturated rings. The zero-order valence-corrected chi connectivity index (χ0v) is 17.0. The Bertz CT molecular complexity index is 990. The molecule has 0 aromatic heterocycles. The average molecular weight is 468 g/mol. The Morgan fingerprint density at radius 3 is 2.70 bits per heavy atom. The van der Waals surface area contributed by atoms with Gasteiger partial charge in [0.25, 0.3) is 11.8 Å². The molecule has 0 bridgehead atoms. The summed E-state index contributed by atoms with van der Waals surface area (Å²) in [6.45, 7) is 0. The molecule has 3 rings (SSSR count). The van der Waals surface area contributed by atoms with E-state index in [2.05, 4.69) is 26.2 Å². The highest BCUT2D eigenvalue weighted by atomic mass is 79.9. The summed E-state index contributed by atoms with van der Waals surface area (Å²) >= 11 is 10.2. The Labute approximate surface area is 172 Å². The fraction of sp³-hybridized carbons (Fsp3) is 0.0556. The number of nitrogens with one attached hydrogen (secondary N) is 1. The van der Waals surface area contributed by atoms with Crippen molar-refractivity contribution < 1.29 is 19.4 Å². The predicted octanol–water partition coefficient (Wildman–Crippen LogP) is 4.22. The van der Waals surface area contributed by atoms with Crippen molar-refractivity contribution in [1.29, 1.82) is 0 Å². The summed E-state index contributed by atoms with van der Waals surface area (Å²) in [5, 5.41) is 13.0. The number of carbonyl (C=O) groups excluding carboxylic acids is 2. The lowest BCUT2D eigenvalue weighted by Gasteiger charge is -2.06. The molecule has 2 aromatic carbocycles. The van der Waals surface area contributed by atoms with E-state index in [1.807, 2.05) is 0 Å². The fourth-order valence-electron chi connectivity index (χ4n) is 2.20. The van der Waals surface area contributed by atoms with Crippen LogP contribution in [0.3, 0.4) is 0 Å². The van der Waals surface area contributed by atoms with Crippen molar-refractivity contribution in [2.75, 3.05) is 7.11 Å². The molecule has 1 heterocycles. The molecule has 2 aromatic rings. The van der Waals surface area contributed by atoms with Gasteiger partial charge in [0, 0.05) is 15.1 Å². The molecular weight excluding hydrogens is 456 g/mol. The summed E-state index contributed by atoms with van der Waals surface area (Å²) in [4.78, 5) is 28.7. The number of amides is 2. The smallest absolute Gasteiger partial charge is 0.279 e. The molecule has 2 amide bonds. The number of methoxy groups -OCH3 is 1. The van der Waals surface area contributed by atoms with Gasteiger partial charge in [0.1, 0.15) is 0 Å². The van der Waals surface area contributed by atoms with E-state index in [9.17, 15) is 14.7 Å². The maximum atomic E-state index is 12.2. The monoisotopic (exact) mass is 466 g/mol. The Hall–Kier alpha value is -2.29. The molecule has 138 valence electrons. The third kappa shape index (κ3) is 4.52. The second-order valence-electron chi connectivity index (χ2n) is 5.34. The van der Waals surface area contributed by atoms with Crippen molar-refractivity contribution in [2.24, 2.45) is 4.99 Å². The number of ether oxygens (including phenoxy) is 1. The van der Waals surface area contributed by atoms with Crippen molar-refractivity contribution >= 4 is 62.4 Å². The van der Waals surface area contributed by atoms with Crippen LogP contribution in [-0.4, -0.2) is 29.2 Å². The van der Waals surface area contributed by atoms with Gasteiger partial charge < -0.3 is 15.2 Å². The molecule has 6 nitrogen and oxygen atoms in total. The largest absolute Gasteiger partial charge is 0.504 e. The number of aromatic hydroxyl groups is 1. The standard InChI is InChI=1S/C18H12BrClN2O4S/c1-26-14-6-10(12(19)8-13(14)23)7-15-17(25)22-18(27-15)21-16(24)9-2-4-11(20)5-3-9/h2-8,23H,1H3,(H,21,22,24,25)/b15-7-. The van der Waals surface area contributed by atoms with Crippen LogP contribution >= 0.6 is 39.3 Å². The van der Waals surface area contributed by atoms with Gasteiger partial charge in [0.05, 0.1) is 12.0 Å². The minimum absolute atomic E-state index is 0.0223. The molecule has 0 unspecified atom stereocenters. The third-order valence-corrected chi connectivity index (χ3v) is 5.38. The summed E-state index contributed by atoms with van der Waals surface area (Å²) < 4.78 is 5.67. The van der Waals surface area contributed by atoms with E-state index in [1.165, 1.54) is 13.2 Å². The summed E-state index contributed by atoms with van der Waals surface area (Å²) in [7, 11) is 1.43. The minimum atomic E-state index is -0.483. The number of amidine groups is 1. The first-order valence-corrected chi connectivity index (χ1v) is 9.52. The minimum Gasteiger partial charge on any atom is -0.504 e. The van der Waals surface area contributed by atoms with E-state index in [-0.39, 0.29) is 22.6 Å². The number of hydrogen-bond acceptors (Lipinski definition) is 5. The first-order chi connectivity index (χ1) is 12.9. The van der Waals surface area contributed by atoms with Crippen LogP contribution in [0.2, 0.25) is 5.02 Å². The quantitative estimate of drug-likeness (QED) is 0.660. The number of thioether (sulfide) groups is 1. The summed E-state index contributed by atoms with van der Waals surface area (Å²) in [6, 6.07) is 9.38. The molecule has 1 aliphatic heterocycles. The number of carbonyl (C=O) groups is 2. The van der Waals surface area contributed by atoms with E-state index in [0.717, 1.165) is 11.8 Å². The van der Waals surface area contributed by atoms with Crippen molar-refractivity contribution in [1.82, 2.24) is 5.32 Å². The Morgan fingerprint density at radius 1 is 1.33 bits per heavy atom. The second kappa shape index (κ2) is 8.16. The van der Waals surface area contributed by atoms with Crippen LogP contribution in [0, 0.1) is 0 Å². The Balaban J connectivity index is 1.84. The molecule has 0 atom stereocenters. The number of nitrogens with zero attached hydrogens (tertiary/aromatic N) is 1. The van der Waals surface area contributed by atoms with Crippen LogP contribution in [0.1, 0.15) is 15.9 Å². The lowest BCUT2D eigenvalue weighted by atomic mass is 10.2. The van der Waals surface area contributed by atoms with Crippen LogP contribution in [-0.2, 0) is 4.79 Å². The van der Waals surface area contributed by atoms with Crippen LogP contribution < -0.4 is 10.1 Å². The molecule has 1 aliphatic rings. The zero-order chi connectivity index (χ0) is 19.6. The predicted molar refractivity (Wildman–Crippen MR) is 109 cm³/mol. The maximum absolute atomic E-state index is 12.2.